The second kappa shape index (κ2) is 8.42. The molecule has 1 aliphatic rings. The van der Waals surface area contributed by atoms with E-state index in [0.29, 0.717) is 0 Å². The zero-order valence-electron chi connectivity index (χ0n) is 14.8. The van der Waals surface area contributed by atoms with Gasteiger partial charge in [0.25, 0.3) is 0 Å². The highest BCUT2D eigenvalue weighted by Crippen LogP contribution is 2.26. The van der Waals surface area contributed by atoms with Crippen molar-refractivity contribution in [2.24, 2.45) is 4.99 Å². The van der Waals surface area contributed by atoms with E-state index in [9.17, 15) is 0 Å². The summed E-state index contributed by atoms with van der Waals surface area (Å²) < 4.78 is 10.6. The van der Waals surface area contributed by atoms with Crippen LogP contribution in [0.3, 0.4) is 0 Å². The van der Waals surface area contributed by atoms with Crippen LogP contribution in [0, 0.1) is 0 Å². The van der Waals surface area contributed by atoms with E-state index in [1.54, 1.807) is 14.2 Å². The Balaban J connectivity index is 1.89. The zero-order chi connectivity index (χ0) is 17.5. The third kappa shape index (κ3) is 4.44. The number of ether oxygens (including phenoxy) is 2. The first kappa shape index (κ1) is 17.1. The van der Waals surface area contributed by atoms with Gasteiger partial charge in [-0.3, -0.25) is 4.99 Å². The molecule has 0 bridgehead atoms. The number of nitrogens with zero attached hydrogens (tertiary/aromatic N) is 1. The molecule has 0 saturated carbocycles. The second-order valence-corrected chi connectivity index (χ2v) is 5.99. The van der Waals surface area contributed by atoms with E-state index < -0.39 is 0 Å². The molecule has 2 N–H and O–H groups in total. The lowest BCUT2D eigenvalue weighted by molar-refractivity contribution is 0.414. The maximum absolute atomic E-state index is 5.28. The van der Waals surface area contributed by atoms with Gasteiger partial charge in [-0.1, -0.05) is 24.3 Å². The van der Waals surface area contributed by atoms with Crippen LogP contribution in [-0.2, 0) is 0 Å². The Hall–Kier alpha value is -2.69. The summed E-state index contributed by atoms with van der Waals surface area (Å²) in [6.45, 7) is 1.80. The van der Waals surface area contributed by atoms with Crippen molar-refractivity contribution >= 4 is 5.96 Å². The zero-order valence-corrected chi connectivity index (χ0v) is 14.8. The first-order valence-corrected chi connectivity index (χ1v) is 8.63. The fourth-order valence-electron chi connectivity index (χ4n) is 2.88. The van der Waals surface area contributed by atoms with Gasteiger partial charge in [0, 0.05) is 13.1 Å². The van der Waals surface area contributed by atoms with Gasteiger partial charge in [-0.2, -0.15) is 0 Å². The van der Waals surface area contributed by atoms with Gasteiger partial charge in [0.05, 0.1) is 20.3 Å². The van der Waals surface area contributed by atoms with Crippen LogP contribution in [0.1, 0.15) is 30.0 Å². The molecule has 0 atom stereocenters. The van der Waals surface area contributed by atoms with Gasteiger partial charge in [-0.05, 0) is 48.2 Å². The molecule has 0 radical (unpaired) electrons. The Morgan fingerprint density at radius 1 is 0.880 bits per heavy atom. The smallest absolute Gasteiger partial charge is 0.192 e. The lowest BCUT2D eigenvalue weighted by Crippen LogP contribution is -2.39. The van der Waals surface area contributed by atoms with Gasteiger partial charge < -0.3 is 20.1 Å². The minimum absolute atomic E-state index is 0.00108. The van der Waals surface area contributed by atoms with Crippen molar-refractivity contribution in [2.45, 2.75) is 18.9 Å². The van der Waals surface area contributed by atoms with E-state index in [-0.39, 0.29) is 6.04 Å². The minimum atomic E-state index is 0.00108. The predicted octanol–water partition coefficient (Wildman–Crippen LogP) is 3.12. The number of benzene rings is 2. The minimum Gasteiger partial charge on any atom is -0.497 e. The predicted molar refractivity (Wildman–Crippen MR) is 101 cm³/mol. The van der Waals surface area contributed by atoms with E-state index >= 15 is 0 Å². The third-order valence-corrected chi connectivity index (χ3v) is 4.33. The molecular formula is C20H25N3O2. The number of aliphatic imine (C=N–C) groups is 1. The van der Waals surface area contributed by atoms with Crippen molar-refractivity contribution in [1.29, 1.82) is 0 Å². The van der Waals surface area contributed by atoms with Gasteiger partial charge in [-0.15, -0.1) is 0 Å². The van der Waals surface area contributed by atoms with Crippen LogP contribution in [-0.4, -0.2) is 33.3 Å². The quantitative estimate of drug-likeness (QED) is 0.879. The average Bonchev–Trinajstić information content (AvgIpc) is 2.95. The lowest BCUT2D eigenvalue weighted by atomic mass is 9.98. The summed E-state index contributed by atoms with van der Waals surface area (Å²) in [4.78, 5) is 4.63. The summed E-state index contributed by atoms with van der Waals surface area (Å²) in [5.41, 5.74) is 2.31. The Kier molecular flexibility index (Phi) is 5.77. The summed E-state index contributed by atoms with van der Waals surface area (Å²) in [5, 5.41) is 6.95. The molecule has 0 spiro atoms. The topological polar surface area (TPSA) is 54.9 Å². The number of hydrogen-bond acceptors (Lipinski definition) is 5. The first-order chi connectivity index (χ1) is 12.3. The molecule has 2 aromatic carbocycles. The lowest BCUT2D eigenvalue weighted by Gasteiger charge is -2.22. The Morgan fingerprint density at radius 3 is 1.96 bits per heavy atom. The van der Waals surface area contributed by atoms with Crippen molar-refractivity contribution < 1.29 is 9.47 Å². The molecule has 0 fully saturated rings. The molecule has 0 aromatic heterocycles. The highest BCUT2D eigenvalue weighted by Gasteiger charge is 2.17. The average molecular weight is 339 g/mol. The van der Waals surface area contributed by atoms with E-state index in [0.717, 1.165) is 54.5 Å². The SMILES string of the molecule is COc1ccc(C(NC2=NCCCCN2)c2ccc(OC)cc2)cc1. The second-order valence-electron chi connectivity index (χ2n) is 5.99. The molecule has 0 amide bonds. The van der Waals surface area contributed by atoms with Gasteiger partial charge in [-0.25, -0.2) is 0 Å². The molecular weight excluding hydrogens is 314 g/mol. The summed E-state index contributed by atoms with van der Waals surface area (Å²) in [6.07, 6.45) is 2.26. The van der Waals surface area contributed by atoms with Crippen molar-refractivity contribution in [3.8, 4) is 11.5 Å². The van der Waals surface area contributed by atoms with E-state index in [4.69, 9.17) is 9.47 Å². The van der Waals surface area contributed by atoms with Gasteiger partial charge >= 0.3 is 0 Å². The highest BCUT2D eigenvalue weighted by atomic mass is 16.5. The Bertz CT molecular complexity index is 648. The van der Waals surface area contributed by atoms with Gasteiger partial charge in [0.15, 0.2) is 5.96 Å². The van der Waals surface area contributed by atoms with Gasteiger partial charge in [0.1, 0.15) is 11.5 Å². The fraction of sp³-hybridized carbons (Fsp3) is 0.350. The molecule has 25 heavy (non-hydrogen) atoms. The Morgan fingerprint density at radius 2 is 1.44 bits per heavy atom. The number of rotatable bonds is 5. The van der Waals surface area contributed by atoms with Crippen LogP contribution < -0.4 is 20.1 Å². The van der Waals surface area contributed by atoms with Crippen LogP contribution in [0.4, 0.5) is 0 Å². The third-order valence-electron chi connectivity index (χ3n) is 4.33. The van der Waals surface area contributed by atoms with Crippen LogP contribution in [0.25, 0.3) is 0 Å². The molecule has 5 heteroatoms. The summed E-state index contributed by atoms with van der Waals surface area (Å²) >= 11 is 0. The van der Waals surface area contributed by atoms with E-state index in [1.165, 1.54) is 0 Å². The molecule has 0 aliphatic carbocycles. The summed E-state index contributed by atoms with van der Waals surface area (Å²) in [6, 6.07) is 16.3. The molecule has 1 heterocycles. The number of methoxy groups -OCH3 is 2. The van der Waals surface area contributed by atoms with Crippen molar-refractivity contribution in [3.05, 3.63) is 59.7 Å². The van der Waals surface area contributed by atoms with E-state index in [1.807, 2.05) is 24.3 Å². The first-order valence-electron chi connectivity index (χ1n) is 8.63. The van der Waals surface area contributed by atoms with Crippen LogP contribution in [0.2, 0.25) is 0 Å². The molecule has 5 nitrogen and oxygen atoms in total. The monoisotopic (exact) mass is 339 g/mol. The van der Waals surface area contributed by atoms with Crippen molar-refractivity contribution in [2.75, 3.05) is 27.3 Å². The Labute approximate surface area is 149 Å². The highest BCUT2D eigenvalue weighted by molar-refractivity contribution is 5.81. The summed E-state index contributed by atoms with van der Waals surface area (Å²) in [7, 11) is 3.36. The molecule has 0 saturated heterocycles. The summed E-state index contributed by atoms with van der Waals surface area (Å²) in [5.74, 6) is 2.55. The standard InChI is InChI=1S/C20H25N3O2/c1-24-17-9-5-15(6-10-17)19(16-7-11-18(25-2)12-8-16)23-20-21-13-3-4-14-22-20/h5-12,19H,3-4,13-14H2,1-2H3,(H2,21,22,23). The molecule has 3 rings (SSSR count). The van der Waals surface area contributed by atoms with Gasteiger partial charge in [0.2, 0.25) is 0 Å². The van der Waals surface area contributed by atoms with Crippen molar-refractivity contribution in [1.82, 2.24) is 10.6 Å². The molecule has 132 valence electrons. The van der Waals surface area contributed by atoms with Crippen LogP contribution >= 0.6 is 0 Å². The molecule has 2 aromatic rings. The largest absolute Gasteiger partial charge is 0.497 e. The normalized spacial score (nSPS) is 14.3. The number of guanidine groups is 1. The van der Waals surface area contributed by atoms with Crippen LogP contribution in [0.15, 0.2) is 53.5 Å². The maximum Gasteiger partial charge on any atom is 0.192 e. The maximum atomic E-state index is 5.28. The molecule has 1 aliphatic heterocycles. The van der Waals surface area contributed by atoms with Crippen LogP contribution in [0.5, 0.6) is 11.5 Å². The van der Waals surface area contributed by atoms with Crippen molar-refractivity contribution in [3.63, 3.8) is 0 Å². The van der Waals surface area contributed by atoms with E-state index in [2.05, 4.69) is 39.9 Å². The number of hydrogen-bond donors (Lipinski definition) is 2. The number of nitrogens with one attached hydrogen (secondary N) is 2. The fourth-order valence-corrected chi connectivity index (χ4v) is 2.88. The molecule has 0 unspecified atom stereocenters.